The van der Waals surface area contributed by atoms with Crippen LogP contribution < -0.4 is 20.1 Å². The first kappa shape index (κ1) is 18.6. The van der Waals surface area contributed by atoms with Crippen LogP contribution in [0.25, 0.3) is 0 Å². The van der Waals surface area contributed by atoms with Crippen molar-refractivity contribution < 1.29 is 9.47 Å². The molecule has 134 valence electrons. The summed E-state index contributed by atoms with van der Waals surface area (Å²) >= 11 is 0. The van der Waals surface area contributed by atoms with E-state index in [1.807, 2.05) is 49.4 Å². The minimum atomic E-state index is -0.0160. The molecule has 2 atom stereocenters. The third kappa shape index (κ3) is 6.03. The van der Waals surface area contributed by atoms with Crippen molar-refractivity contribution in [3.63, 3.8) is 0 Å². The van der Waals surface area contributed by atoms with Gasteiger partial charge in [0.1, 0.15) is 17.6 Å². The molecule has 0 fully saturated rings. The lowest BCUT2D eigenvalue weighted by Crippen LogP contribution is -2.42. The minimum absolute atomic E-state index is 0.0160. The molecule has 2 aromatic carbocycles. The monoisotopic (exact) mass is 341 g/mol. The van der Waals surface area contributed by atoms with E-state index in [1.54, 1.807) is 14.2 Å². The third-order valence-corrected chi connectivity index (χ3v) is 3.81. The first-order valence-electron chi connectivity index (χ1n) is 8.45. The SMILES string of the molecule is CN=C(NCC(C)Oc1cccc(OC)c1)NC(C)c1ccccc1. The molecule has 25 heavy (non-hydrogen) atoms. The lowest BCUT2D eigenvalue weighted by Gasteiger charge is -2.21. The first-order chi connectivity index (χ1) is 12.1. The van der Waals surface area contributed by atoms with Gasteiger partial charge in [-0.05, 0) is 31.5 Å². The van der Waals surface area contributed by atoms with Crippen molar-refractivity contribution in [1.82, 2.24) is 10.6 Å². The van der Waals surface area contributed by atoms with Crippen LogP contribution in [0.4, 0.5) is 0 Å². The quantitative estimate of drug-likeness (QED) is 0.599. The number of methoxy groups -OCH3 is 1. The summed E-state index contributed by atoms with van der Waals surface area (Å²) in [4.78, 5) is 4.28. The number of benzene rings is 2. The van der Waals surface area contributed by atoms with E-state index >= 15 is 0 Å². The molecule has 5 heteroatoms. The fourth-order valence-electron chi connectivity index (χ4n) is 2.41. The van der Waals surface area contributed by atoms with E-state index in [2.05, 4.69) is 34.7 Å². The Morgan fingerprint density at radius 3 is 2.44 bits per heavy atom. The smallest absolute Gasteiger partial charge is 0.191 e. The Kier molecular flexibility index (Phi) is 7.14. The topological polar surface area (TPSA) is 54.9 Å². The zero-order chi connectivity index (χ0) is 18.1. The molecule has 0 aliphatic carbocycles. The van der Waals surface area contributed by atoms with Gasteiger partial charge >= 0.3 is 0 Å². The maximum atomic E-state index is 5.92. The van der Waals surface area contributed by atoms with Gasteiger partial charge < -0.3 is 20.1 Å². The first-order valence-corrected chi connectivity index (χ1v) is 8.45. The molecule has 0 amide bonds. The van der Waals surface area contributed by atoms with Crippen molar-refractivity contribution in [3.8, 4) is 11.5 Å². The van der Waals surface area contributed by atoms with Gasteiger partial charge in [-0.25, -0.2) is 0 Å². The van der Waals surface area contributed by atoms with E-state index in [9.17, 15) is 0 Å². The van der Waals surface area contributed by atoms with Gasteiger partial charge in [0.15, 0.2) is 5.96 Å². The average molecular weight is 341 g/mol. The lowest BCUT2D eigenvalue weighted by molar-refractivity contribution is 0.223. The molecule has 0 saturated carbocycles. The predicted octanol–water partition coefficient (Wildman–Crippen LogP) is 3.39. The minimum Gasteiger partial charge on any atom is -0.497 e. The van der Waals surface area contributed by atoms with E-state index in [4.69, 9.17) is 9.47 Å². The van der Waals surface area contributed by atoms with E-state index in [0.29, 0.717) is 6.54 Å². The van der Waals surface area contributed by atoms with Gasteiger partial charge in [0.05, 0.1) is 19.7 Å². The van der Waals surface area contributed by atoms with E-state index < -0.39 is 0 Å². The molecule has 2 rings (SSSR count). The normalized spacial score (nSPS) is 13.7. The van der Waals surface area contributed by atoms with Gasteiger partial charge in [0.2, 0.25) is 0 Å². The van der Waals surface area contributed by atoms with Crippen LogP contribution >= 0.6 is 0 Å². The average Bonchev–Trinajstić information content (AvgIpc) is 2.65. The van der Waals surface area contributed by atoms with Crippen LogP contribution in [0.15, 0.2) is 59.6 Å². The summed E-state index contributed by atoms with van der Waals surface area (Å²) in [5.74, 6) is 2.32. The summed E-state index contributed by atoms with van der Waals surface area (Å²) in [6, 6.07) is 18.1. The number of rotatable bonds is 7. The summed E-state index contributed by atoms with van der Waals surface area (Å²) < 4.78 is 11.1. The molecule has 0 heterocycles. The van der Waals surface area contributed by atoms with Crippen molar-refractivity contribution in [2.24, 2.45) is 4.99 Å². The van der Waals surface area contributed by atoms with Crippen molar-refractivity contribution in [3.05, 3.63) is 60.2 Å². The number of hydrogen-bond acceptors (Lipinski definition) is 3. The summed E-state index contributed by atoms with van der Waals surface area (Å²) in [6.07, 6.45) is -0.0160. The van der Waals surface area contributed by atoms with Crippen molar-refractivity contribution >= 4 is 5.96 Å². The fraction of sp³-hybridized carbons (Fsp3) is 0.350. The van der Waals surface area contributed by atoms with Crippen LogP contribution in [0, 0.1) is 0 Å². The maximum absolute atomic E-state index is 5.92. The molecule has 0 aromatic heterocycles. The number of hydrogen-bond donors (Lipinski definition) is 2. The Hall–Kier alpha value is -2.69. The zero-order valence-electron chi connectivity index (χ0n) is 15.3. The summed E-state index contributed by atoms with van der Waals surface area (Å²) in [7, 11) is 3.41. The van der Waals surface area contributed by atoms with Gasteiger partial charge in [-0.2, -0.15) is 0 Å². The van der Waals surface area contributed by atoms with Gasteiger partial charge in [-0.3, -0.25) is 4.99 Å². The van der Waals surface area contributed by atoms with Crippen molar-refractivity contribution in [1.29, 1.82) is 0 Å². The zero-order valence-corrected chi connectivity index (χ0v) is 15.3. The van der Waals surface area contributed by atoms with Crippen LogP contribution in [-0.4, -0.2) is 32.8 Å². The van der Waals surface area contributed by atoms with Crippen LogP contribution in [0.5, 0.6) is 11.5 Å². The van der Waals surface area contributed by atoms with Crippen LogP contribution in [-0.2, 0) is 0 Å². The summed E-state index contributed by atoms with van der Waals surface area (Å²) in [6.45, 7) is 4.76. The molecule has 0 aliphatic heterocycles. The number of ether oxygens (including phenoxy) is 2. The molecule has 2 unspecified atom stereocenters. The van der Waals surface area contributed by atoms with Gasteiger partial charge in [0, 0.05) is 13.1 Å². The number of guanidine groups is 1. The second-order valence-corrected chi connectivity index (χ2v) is 5.84. The largest absolute Gasteiger partial charge is 0.497 e. The van der Waals surface area contributed by atoms with Gasteiger partial charge in [0.25, 0.3) is 0 Å². The fourth-order valence-corrected chi connectivity index (χ4v) is 2.41. The Bertz CT molecular complexity index is 674. The van der Waals surface area contributed by atoms with E-state index in [1.165, 1.54) is 5.56 Å². The van der Waals surface area contributed by atoms with Crippen LogP contribution in [0.1, 0.15) is 25.5 Å². The Morgan fingerprint density at radius 1 is 1.04 bits per heavy atom. The molecule has 5 nitrogen and oxygen atoms in total. The molecule has 0 aliphatic rings. The number of nitrogens with one attached hydrogen (secondary N) is 2. The third-order valence-electron chi connectivity index (χ3n) is 3.81. The Labute approximate surface area is 150 Å². The summed E-state index contributed by atoms with van der Waals surface area (Å²) in [5.41, 5.74) is 1.21. The van der Waals surface area contributed by atoms with Gasteiger partial charge in [-0.15, -0.1) is 0 Å². The van der Waals surface area contributed by atoms with Crippen LogP contribution in [0.3, 0.4) is 0 Å². The standard InChI is InChI=1S/C20H27N3O2/c1-15(25-19-12-8-11-18(13-19)24-4)14-22-20(21-3)23-16(2)17-9-6-5-7-10-17/h5-13,15-16H,14H2,1-4H3,(H2,21,22,23). The number of nitrogens with zero attached hydrogens (tertiary/aromatic N) is 1. The van der Waals surface area contributed by atoms with E-state index in [0.717, 1.165) is 17.5 Å². The number of aliphatic imine (C=N–C) groups is 1. The molecular formula is C20H27N3O2. The highest BCUT2D eigenvalue weighted by atomic mass is 16.5. The van der Waals surface area contributed by atoms with Gasteiger partial charge in [-0.1, -0.05) is 36.4 Å². The lowest BCUT2D eigenvalue weighted by atomic mass is 10.1. The van der Waals surface area contributed by atoms with Crippen molar-refractivity contribution in [2.45, 2.75) is 26.0 Å². The summed E-state index contributed by atoms with van der Waals surface area (Å²) in [5, 5.41) is 6.69. The maximum Gasteiger partial charge on any atom is 0.191 e. The van der Waals surface area contributed by atoms with Crippen molar-refractivity contribution in [2.75, 3.05) is 20.7 Å². The highest BCUT2D eigenvalue weighted by Crippen LogP contribution is 2.19. The molecule has 2 aromatic rings. The molecule has 0 spiro atoms. The predicted molar refractivity (Wildman–Crippen MR) is 102 cm³/mol. The molecule has 0 saturated heterocycles. The Balaban J connectivity index is 1.83. The molecular weight excluding hydrogens is 314 g/mol. The molecule has 0 radical (unpaired) electrons. The molecule has 2 N–H and O–H groups in total. The second kappa shape index (κ2) is 9.57. The van der Waals surface area contributed by atoms with Crippen LogP contribution in [0.2, 0.25) is 0 Å². The highest BCUT2D eigenvalue weighted by Gasteiger charge is 2.10. The van der Waals surface area contributed by atoms with E-state index in [-0.39, 0.29) is 12.1 Å². The molecule has 0 bridgehead atoms. The highest BCUT2D eigenvalue weighted by molar-refractivity contribution is 5.80. The second-order valence-electron chi connectivity index (χ2n) is 5.84. The Morgan fingerprint density at radius 2 is 1.76 bits per heavy atom.